The van der Waals surface area contributed by atoms with Crippen molar-refractivity contribution in [3.8, 4) is 11.5 Å². The maximum Gasteiger partial charge on any atom is 0.268 e. The second-order valence-electron chi connectivity index (χ2n) is 11.5. The first-order chi connectivity index (χ1) is 20.6. The fraction of sp³-hybridized carbons (Fsp3) is 0.212. The van der Waals surface area contributed by atoms with Crippen LogP contribution >= 0.6 is 0 Å². The van der Waals surface area contributed by atoms with Crippen LogP contribution in [0.4, 0.5) is 5.69 Å². The molecule has 0 radical (unpaired) electrons. The van der Waals surface area contributed by atoms with Crippen LogP contribution in [0.2, 0.25) is 0 Å². The highest BCUT2D eigenvalue weighted by Gasteiger charge is 2.52. The molecule has 218 valence electrons. The van der Waals surface area contributed by atoms with Gasteiger partial charge < -0.3 is 9.47 Å². The summed E-state index contributed by atoms with van der Waals surface area (Å²) in [5.41, 5.74) is 5.42. The Morgan fingerprint density at radius 2 is 1.51 bits per heavy atom. The van der Waals surface area contributed by atoms with Gasteiger partial charge in [-0.3, -0.25) is 4.31 Å². The van der Waals surface area contributed by atoms with Gasteiger partial charge in [-0.15, -0.1) is 0 Å². The van der Waals surface area contributed by atoms with Crippen LogP contribution in [0.15, 0.2) is 95.9 Å². The largest absolute Gasteiger partial charge is 0.454 e. The minimum atomic E-state index is -4.03. The Bertz CT molecular complexity index is 2170. The lowest BCUT2D eigenvalue weighted by molar-refractivity contribution is 0.174. The molecule has 0 N–H and O–H groups in total. The zero-order valence-corrected chi connectivity index (χ0v) is 25.1. The van der Waals surface area contributed by atoms with Gasteiger partial charge in [0.15, 0.2) is 11.5 Å². The summed E-state index contributed by atoms with van der Waals surface area (Å²) in [5, 5.41) is 0.827. The van der Waals surface area contributed by atoms with Gasteiger partial charge in [-0.25, -0.2) is 20.8 Å². The molecule has 0 saturated heterocycles. The number of aromatic nitrogens is 1. The normalized spacial score (nSPS) is 20.6. The summed E-state index contributed by atoms with van der Waals surface area (Å²) >= 11 is 0. The third-order valence-corrected chi connectivity index (χ3v) is 11.9. The van der Waals surface area contributed by atoms with Crippen LogP contribution < -0.4 is 13.8 Å². The van der Waals surface area contributed by atoms with Crippen LogP contribution in [0.5, 0.6) is 11.5 Å². The molecule has 10 heteroatoms. The van der Waals surface area contributed by atoms with Crippen molar-refractivity contribution in [3.05, 3.63) is 119 Å². The molecule has 5 aromatic rings. The smallest absolute Gasteiger partial charge is 0.268 e. The molecule has 4 aromatic carbocycles. The second-order valence-corrected chi connectivity index (χ2v) is 15.2. The van der Waals surface area contributed by atoms with Gasteiger partial charge in [0.1, 0.15) is 0 Å². The molecule has 3 atom stereocenters. The molecule has 3 aliphatic rings. The molecule has 1 aliphatic carbocycles. The Kier molecular flexibility index (Phi) is 5.58. The van der Waals surface area contributed by atoms with Crippen LogP contribution in [0.3, 0.4) is 0 Å². The first-order valence-electron chi connectivity index (χ1n) is 14.1. The Morgan fingerprint density at radius 1 is 0.791 bits per heavy atom. The van der Waals surface area contributed by atoms with Gasteiger partial charge in [0.2, 0.25) is 16.8 Å². The van der Waals surface area contributed by atoms with E-state index in [0.717, 1.165) is 27.6 Å². The number of aryl methyl sites for hydroxylation is 1. The molecule has 0 bridgehead atoms. The van der Waals surface area contributed by atoms with E-state index in [2.05, 4.69) is 0 Å². The Balaban J connectivity index is 1.47. The van der Waals surface area contributed by atoms with E-state index < -0.39 is 20.0 Å². The fourth-order valence-corrected chi connectivity index (χ4v) is 9.80. The first kappa shape index (κ1) is 26.4. The molecule has 8 rings (SSSR count). The third-order valence-electron chi connectivity index (χ3n) is 9.00. The van der Waals surface area contributed by atoms with Gasteiger partial charge in [0, 0.05) is 35.4 Å². The minimum Gasteiger partial charge on any atom is -0.454 e. The van der Waals surface area contributed by atoms with Gasteiger partial charge in [-0.05, 0) is 60.0 Å². The molecule has 43 heavy (non-hydrogen) atoms. The lowest BCUT2D eigenvalue weighted by atomic mass is 9.77. The van der Waals surface area contributed by atoms with Gasteiger partial charge in [0.25, 0.3) is 10.0 Å². The van der Waals surface area contributed by atoms with E-state index in [4.69, 9.17) is 9.47 Å². The molecule has 0 amide bonds. The van der Waals surface area contributed by atoms with Crippen LogP contribution in [-0.4, -0.2) is 40.4 Å². The Morgan fingerprint density at radius 3 is 2.30 bits per heavy atom. The average molecular weight is 613 g/mol. The fourth-order valence-electron chi connectivity index (χ4n) is 7.25. The SMILES string of the molecule is Cc1ccc(S(=O)(=O)n2c3c(c4ccccc42)[C@H](c2ccc4c(c2)OCO4)[C@H]2CN(S(C)(=O)=O)c4ccccc4[C@@H]32)cc1. The van der Waals surface area contributed by atoms with Gasteiger partial charge in [-0.2, -0.15) is 0 Å². The molecule has 1 aromatic heterocycles. The number of hydrogen-bond donors (Lipinski definition) is 0. The van der Waals surface area contributed by atoms with Crippen molar-refractivity contribution >= 4 is 36.6 Å². The molecule has 0 saturated carbocycles. The standard InChI is InChI=1S/C33H28N2O6S2/c1-20-11-14-22(15-12-20)43(38,39)35-27-10-6-4-8-24(27)32-30(21-13-16-28-29(17-21)41-19-40-28)25-18-34(42(2,36)37)26-9-5-3-7-23(26)31(25)33(32)35/h3-17,25,30-31H,18-19H2,1-2H3/t25-,30-,31-/m1/s1. The highest BCUT2D eigenvalue weighted by atomic mass is 32.2. The molecule has 8 nitrogen and oxygen atoms in total. The maximum atomic E-state index is 14.6. The number of sulfonamides is 1. The number of benzene rings is 4. The predicted molar refractivity (Wildman–Crippen MR) is 164 cm³/mol. The van der Waals surface area contributed by atoms with Gasteiger partial charge in [-0.1, -0.05) is 60.2 Å². The van der Waals surface area contributed by atoms with Crippen molar-refractivity contribution < 1.29 is 26.3 Å². The van der Waals surface area contributed by atoms with Crippen LogP contribution in [0.1, 0.15) is 39.8 Å². The molecule has 0 spiro atoms. The van der Waals surface area contributed by atoms with Crippen molar-refractivity contribution in [1.82, 2.24) is 3.97 Å². The van der Waals surface area contributed by atoms with Crippen molar-refractivity contribution in [1.29, 1.82) is 0 Å². The highest BCUT2D eigenvalue weighted by Crippen LogP contribution is 2.60. The van der Waals surface area contributed by atoms with E-state index in [1.54, 1.807) is 24.3 Å². The third kappa shape index (κ3) is 3.79. The number of para-hydroxylation sites is 2. The van der Waals surface area contributed by atoms with Crippen LogP contribution in [0.25, 0.3) is 10.9 Å². The zero-order chi connectivity index (χ0) is 29.7. The van der Waals surface area contributed by atoms with Gasteiger partial charge in [0.05, 0.1) is 22.4 Å². The highest BCUT2D eigenvalue weighted by molar-refractivity contribution is 7.92. The monoisotopic (exact) mass is 612 g/mol. The number of fused-ring (bicyclic) bond motifs is 8. The van der Waals surface area contributed by atoms with E-state index in [9.17, 15) is 16.8 Å². The van der Waals surface area contributed by atoms with Crippen molar-refractivity contribution in [2.45, 2.75) is 23.7 Å². The minimum absolute atomic E-state index is 0.129. The van der Waals surface area contributed by atoms with Gasteiger partial charge >= 0.3 is 0 Å². The number of rotatable bonds is 4. The number of nitrogens with zero attached hydrogens (tertiary/aromatic N) is 2. The summed E-state index contributed by atoms with van der Waals surface area (Å²) in [6.07, 6.45) is 1.22. The lowest BCUT2D eigenvalue weighted by Crippen LogP contribution is -2.42. The van der Waals surface area contributed by atoms with E-state index in [0.29, 0.717) is 28.4 Å². The Hall–Kier alpha value is -4.28. The topological polar surface area (TPSA) is 94.9 Å². The first-order valence-corrected chi connectivity index (χ1v) is 17.3. The number of ether oxygens (including phenoxy) is 2. The van der Waals surface area contributed by atoms with Crippen LogP contribution in [-0.2, 0) is 20.0 Å². The average Bonchev–Trinajstić information content (AvgIpc) is 3.68. The lowest BCUT2D eigenvalue weighted by Gasteiger charge is -2.39. The summed E-state index contributed by atoms with van der Waals surface area (Å²) < 4.78 is 69.9. The van der Waals surface area contributed by atoms with Crippen molar-refractivity contribution in [2.24, 2.45) is 5.92 Å². The number of anilines is 1. The predicted octanol–water partition coefficient (Wildman–Crippen LogP) is 5.59. The summed E-state index contributed by atoms with van der Waals surface area (Å²) in [6, 6.07) is 27.7. The summed E-state index contributed by atoms with van der Waals surface area (Å²) in [7, 11) is -7.66. The zero-order valence-electron chi connectivity index (χ0n) is 23.5. The summed E-state index contributed by atoms with van der Waals surface area (Å²) in [6.45, 7) is 2.25. The quantitative estimate of drug-likeness (QED) is 0.263. The van der Waals surface area contributed by atoms with Crippen LogP contribution in [0, 0.1) is 12.8 Å². The van der Waals surface area contributed by atoms with E-state index in [1.165, 1.54) is 14.5 Å². The van der Waals surface area contributed by atoms with E-state index in [-0.39, 0.29) is 36.0 Å². The molecule has 0 fully saturated rings. The van der Waals surface area contributed by atoms with Crippen molar-refractivity contribution in [2.75, 3.05) is 23.9 Å². The summed E-state index contributed by atoms with van der Waals surface area (Å²) in [4.78, 5) is 0.201. The summed E-state index contributed by atoms with van der Waals surface area (Å²) in [5.74, 6) is 0.294. The maximum absolute atomic E-state index is 14.6. The number of hydrogen-bond acceptors (Lipinski definition) is 6. The van der Waals surface area contributed by atoms with E-state index in [1.807, 2.05) is 73.7 Å². The molecular formula is C33H28N2O6S2. The second kappa shape index (κ2) is 9.11. The molecule has 2 aliphatic heterocycles. The Labute approximate surface area is 250 Å². The molecule has 0 unspecified atom stereocenters. The molecule has 3 heterocycles. The van der Waals surface area contributed by atoms with E-state index >= 15 is 0 Å². The molecular weight excluding hydrogens is 585 g/mol. The van der Waals surface area contributed by atoms with Crippen molar-refractivity contribution in [3.63, 3.8) is 0 Å².